The van der Waals surface area contributed by atoms with Crippen molar-refractivity contribution in [3.8, 4) is 22.8 Å². The predicted molar refractivity (Wildman–Crippen MR) is 114 cm³/mol. The first-order chi connectivity index (χ1) is 15.1. The number of aromatic nitrogens is 3. The molecule has 31 heavy (non-hydrogen) atoms. The summed E-state index contributed by atoms with van der Waals surface area (Å²) in [6, 6.07) is 15.5. The molecule has 0 amide bonds. The van der Waals surface area contributed by atoms with Crippen LogP contribution in [0.4, 0.5) is 0 Å². The molecule has 2 aromatic carbocycles. The number of pyridine rings is 1. The lowest BCUT2D eigenvalue weighted by atomic mass is 10.1. The maximum Gasteiger partial charge on any atom is 0.341 e. The lowest BCUT2D eigenvalue weighted by Crippen LogP contribution is -2.12. The number of H-pyrrole nitrogens is 1. The number of benzene rings is 2. The zero-order chi connectivity index (χ0) is 21.8. The van der Waals surface area contributed by atoms with Gasteiger partial charge in [0.15, 0.2) is 11.5 Å². The van der Waals surface area contributed by atoms with Crippen molar-refractivity contribution in [2.24, 2.45) is 0 Å². The van der Waals surface area contributed by atoms with E-state index in [9.17, 15) is 9.59 Å². The standard InChI is InChI=1S/C23H21N3O5/c1-29-20-10-16(8-9-19(20)31-14-15-6-4-3-5-7-15)11-26-12-17-21(24-25-22(17)27)18(13-26)23(28)30-2/h3-10,12-13H,11,14H2,1-2H3,(H,25,27). The Kier molecular flexibility index (Phi) is 5.70. The van der Waals surface area contributed by atoms with Crippen LogP contribution in [0.5, 0.6) is 11.5 Å². The number of esters is 1. The number of methoxy groups -OCH3 is 2. The summed E-state index contributed by atoms with van der Waals surface area (Å²) in [5.74, 6) is 0.659. The fraction of sp³-hybridized carbons (Fsp3) is 0.174. The minimum Gasteiger partial charge on any atom is -0.493 e. The Morgan fingerprint density at radius 2 is 1.84 bits per heavy atom. The van der Waals surface area contributed by atoms with E-state index >= 15 is 0 Å². The van der Waals surface area contributed by atoms with Gasteiger partial charge in [-0.2, -0.15) is 5.10 Å². The minimum atomic E-state index is -0.562. The quantitative estimate of drug-likeness (QED) is 0.463. The highest BCUT2D eigenvalue weighted by atomic mass is 16.5. The number of rotatable bonds is 7. The zero-order valence-electron chi connectivity index (χ0n) is 17.1. The van der Waals surface area contributed by atoms with Gasteiger partial charge in [0.25, 0.3) is 5.56 Å². The average Bonchev–Trinajstić information content (AvgIpc) is 3.18. The highest BCUT2D eigenvalue weighted by Crippen LogP contribution is 2.29. The van der Waals surface area contributed by atoms with E-state index in [2.05, 4.69) is 10.2 Å². The number of hydrogen-bond acceptors (Lipinski definition) is 6. The van der Waals surface area contributed by atoms with E-state index in [0.717, 1.165) is 11.1 Å². The number of carbonyl (C=O) groups is 1. The number of nitrogens with zero attached hydrogens (tertiary/aromatic N) is 2. The fourth-order valence-corrected chi connectivity index (χ4v) is 3.32. The molecule has 1 N–H and O–H groups in total. The third-order valence-electron chi connectivity index (χ3n) is 4.85. The molecule has 2 aromatic rings. The van der Waals surface area contributed by atoms with Crippen molar-refractivity contribution in [1.29, 1.82) is 0 Å². The van der Waals surface area contributed by atoms with Crippen LogP contribution in [0.15, 0.2) is 65.7 Å². The maximum absolute atomic E-state index is 12.1. The molecule has 8 nitrogen and oxygen atoms in total. The summed E-state index contributed by atoms with van der Waals surface area (Å²) < 4.78 is 18.0. The Morgan fingerprint density at radius 1 is 1.03 bits per heavy atom. The lowest BCUT2D eigenvalue weighted by Gasteiger charge is -2.15. The van der Waals surface area contributed by atoms with Crippen molar-refractivity contribution in [1.82, 2.24) is 14.8 Å². The SMILES string of the molecule is COC(=O)c1cn(Cc2ccc(OCc3ccccc3)c(OC)c2)cc2c(=O)[nH]nc1-2. The van der Waals surface area contributed by atoms with Gasteiger partial charge in [-0.15, -0.1) is 0 Å². The molecular formula is C23H21N3O5. The summed E-state index contributed by atoms with van der Waals surface area (Å²) in [4.78, 5) is 24.2. The molecule has 0 saturated heterocycles. The Bertz CT molecular complexity index is 1230. The molecule has 0 radical (unpaired) electrons. The Labute approximate surface area is 178 Å². The summed E-state index contributed by atoms with van der Waals surface area (Å²) in [5, 5.41) is 6.31. The van der Waals surface area contributed by atoms with E-state index in [1.807, 2.05) is 48.5 Å². The Hall–Kier alpha value is -4.07. The van der Waals surface area contributed by atoms with E-state index in [-0.39, 0.29) is 16.8 Å². The van der Waals surface area contributed by atoms with Crippen LogP contribution >= 0.6 is 0 Å². The van der Waals surface area contributed by atoms with Crippen LogP contribution in [0.1, 0.15) is 21.5 Å². The molecule has 2 heterocycles. The third-order valence-corrected chi connectivity index (χ3v) is 4.85. The van der Waals surface area contributed by atoms with Gasteiger partial charge in [-0.25, -0.2) is 9.89 Å². The van der Waals surface area contributed by atoms with Gasteiger partial charge in [-0.3, -0.25) is 4.79 Å². The number of ether oxygens (including phenoxy) is 3. The van der Waals surface area contributed by atoms with Gasteiger partial charge in [0.2, 0.25) is 0 Å². The average molecular weight is 419 g/mol. The smallest absolute Gasteiger partial charge is 0.341 e. The number of nitrogens with one attached hydrogen (secondary N) is 1. The van der Waals surface area contributed by atoms with Crippen molar-refractivity contribution in [3.05, 3.63) is 88.0 Å². The van der Waals surface area contributed by atoms with Crippen LogP contribution < -0.4 is 15.0 Å². The van der Waals surface area contributed by atoms with Crippen molar-refractivity contribution >= 4 is 5.97 Å². The summed E-state index contributed by atoms with van der Waals surface area (Å²) in [6.07, 6.45) is 3.26. The fourth-order valence-electron chi connectivity index (χ4n) is 3.32. The van der Waals surface area contributed by atoms with E-state index < -0.39 is 5.97 Å². The first-order valence-electron chi connectivity index (χ1n) is 9.59. The van der Waals surface area contributed by atoms with Crippen LogP contribution in [-0.2, 0) is 17.9 Å². The zero-order valence-corrected chi connectivity index (χ0v) is 17.1. The third kappa shape index (κ3) is 4.28. The first kappa shape index (κ1) is 20.2. The molecule has 0 aliphatic carbocycles. The van der Waals surface area contributed by atoms with E-state index in [1.165, 1.54) is 7.11 Å². The molecule has 2 aliphatic heterocycles. The van der Waals surface area contributed by atoms with E-state index in [1.54, 1.807) is 24.1 Å². The van der Waals surface area contributed by atoms with Crippen LogP contribution in [0.25, 0.3) is 11.3 Å². The van der Waals surface area contributed by atoms with Crippen LogP contribution in [-0.4, -0.2) is 35.0 Å². The number of aromatic amines is 1. The van der Waals surface area contributed by atoms with Crippen molar-refractivity contribution < 1.29 is 19.0 Å². The van der Waals surface area contributed by atoms with Gasteiger partial charge in [0, 0.05) is 18.9 Å². The van der Waals surface area contributed by atoms with Gasteiger partial charge in [0.05, 0.1) is 19.8 Å². The van der Waals surface area contributed by atoms with Gasteiger partial charge in [-0.05, 0) is 23.3 Å². The van der Waals surface area contributed by atoms with E-state index in [4.69, 9.17) is 14.2 Å². The van der Waals surface area contributed by atoms with Crippen LogP contribution in [0.3, 0.4) is 0 Å². The molecule has 0 atom stereocenters. The van der Waals surface area contributed by atoms with Crippen LogP contribution in [0.2, 0.25) is 0 Å². The monoisotopic (exact) mass is 419 g/mol. The maximum atomic E-state index is 12.1. The predicted octanol–water partition coefficient (Wildman–Crippen LogP) is 3.10. The number of fused-ring (bicyclic) bond motifs is 1. The number of hydrogen-bond donors (Lipinski definition) is 1. The normalized spacial score (nSPS) is 10.8. The second kappa shape index (κ2) is 8.74. The lowest BCUT2D eigenvalue weighted by molar-refractivity contribution is 0.0600. The Balaban J connectivity index is 1.60. The molecular weight excluding hydrogens is 398 g/mol. The summed E-state index contributed by atoms with van der Waals surface area (Å²) in [6.45, 7) is 0.830. The van der Waals surface area contributed by atoms with Gasteiger partial charge >= 0.3 is 5.97 Å². The molecule has 0 aromatic heterocycles. The molecule has 0 saturated carbocycles. The van der Waals surface area contributed by atoms with Gasteiger partial charge in [-0.1, -0.05) is 36.4 Å². The summed E-state index contributed by atoms with van der Waals surface area (Å²) in [5.41, 5.74) is 2.42. The first-order valence-corrected chi connectivity index (χ1v) is 9.59. The van der Waals surface area contributed by atoms with Crippen molar-refractivity contribution in [2.45, 2.75) is 13.2 Å². The molecule has 0 unspecified atom stereocenters. The van der Waals surface area contributed by atoms with Crippen LogP contribution in [0, 0.1) is 0 Å². The highest BCUT2D eigenvalue weighted by Gasteiger charge is 2.22. The molecule has 8 heteroatoms. The number of carbonyl (C=O) groups excluding carboxylic acids is 1. The molecule has 0 spiro atoms. The molecule has 0 fully saturated rings. The summed E-state index contributed by atoms with van der Waals surface area (Å²) in [7, 11) is 2.87. The van der Waals surface area contributed by atoms with Gasteiger partial charge < -0.3 is 18.8 Å². The second-order valence-electron chi connectivity index (χ2n) is 6.91. The van der Waals surface area contributed by atoms with Crippen molar-refractivity contribution in [2.75, 3.05) is 14.2 Å². The summed E-state index contributed by atoms with van der Waals surface area (Å²) >= 11 is 0. The second-order valence-corrected chi connectivity index (χ2v) is 6.91. The van der Waals surface area contributed by atoms with Gasteiger partial charge in [0.1, 0.15) is 17.9 Å². The molecule has 0 bridgehead atoms. The Morgan fingerprint density at radius 3 is 2.58 bits per heavy atom. The molecule has 158 valence electrons. The largest absolute Gasteiger partial charge is 0.493 e. The van der Waals surface area contributed by atoms with E-state index in [0.29, 0.717) is 30.2 Å². The highest BCUT2D eigenvalue weighted by molar-refractivity contribution is 5.95. The molecule has 4 rings (SSSR count). The van der Waals surface area contributed by atoms with Crippen molar-refractivity contribution in [3.63, 3.8) is 0 Å². The topological polar surface area (TPSA) is 95.4 Å². The molecule has 2 aliphatic rings. The minimum absolute atomic E-state index is 0.216.